The van der Waals surface area contributed by atoms with Gasteiger partial charge in [0.1, 0.15) is 0 Å². The average Bonchev–Trinajstić information content (AvgIpc) is 3.12. The number of benzene rings is 1. The van der Waals surface area contributed by atoms with Crippen LogP contribution in [0.4, 0.5) is 0 Å². The molecule has 0 saturated carbocycles. The van der Waals surface area contributed by atoms with Crippen molar-refractivity contribution in [3.05, 3.63) is 42.0 Å². The van der Waals surface area contributed by atoms with Crippen LogP contribution in [0.25, 0.3) is 6.08 Å². The van der Waals surface area contributed by atoms with Gasteiger partial charge in [-0.25, -0.2) is 0 Å². The molecule has 0 aliphatic carbocycles. The summed E-state index contributed by atoms with van der Waals surface area (Å²) in [7, 11) is 0. The molecular weight excluding hydrogens is 595 g/mol. The van der Waals surface area contributed by atoms with Crippen LogP contribution in [0, 0.1) is 0 Å². The minimum absolute atomic E-state index is 0.709. The summed E-state index contributed by atoms with van der Waals surface area (Å²) in [6.07, 6.45) is 50.4. The molecule has 0 atom stereocenters. The highest BCUT2D eigenvalue weighted by molar-refractivity contribution is 5.48. The Morgan fingerprint density at radius 3 is 1.08 bits per heavy atom. The fraction of sp³-hybridized carbons (Fsp3) is 0.830. The molecule has 2 heteroatoms. The molecule has 0 amide bonds. The van der Waals surface area contributed by atoms with E-state index in [-0.39, 0.29) is 0 Å². The summed E-state index contributed by atoms with van der Waals surface area (Å²) in [5.41, 5.74) is 1.25. The Labute approximate surface area is 309 Å². The zero-order chi connectivity index (χ0) is 35.0. The maximum absolute atomic E-state index is 6.02. The number of nitrogens with zero attached hydrogens (tertiary/aromatic N) is 1. The van der Waals surface area contributed by atoms with Crippen molar-refractivity contribution in [3.8, 4) is 0 Å². The average molecular weight is 682 g/mol. The van der Waals surface area contributed by atoms with Crippen molar-refractivity contribution in [2.45, 2.75) is 219 Å². The summed E-state index contributed by atoms with van der Waals surface area (Å²) in [6.45, 7) is 9.75. The van der Waals surface area contributed by atoms with E-state index in [1.165, 1.54) is 224 Å². The molecule has 0 heterocycles. The maximum Gasteiger partial charge on any atom is 0.0651 e. The van der Waals surface area contributed by atoms with Gasteiger partial charge in [0.2, 0.25) is 0 Å². The predicted molar refractivity (Wildman–Crippen MR) is 222 cm³/mol. The lowest BCUT2D eigenvalue weighted by Gasteiger charge is -2.22. The lowest BCUT2D eigenvalue weighted by molar-refractivity contribution is 0.122. The van der Waals surface area contributed by atoms with E-state index < -0.39 is 0 Å². The Morgan fingerprint density at radius 2 is 0.735 bits per heavy atom. The number of hydrogen-bond acceptors (Lipinski definition) is 2. The van der Waals surface area contributed by atoms with E-state index in [2.05, 4.69) is 61.2 Å². The fourth-order valence-corrected chi connectivity index (χ4v) is 7.20. The van der Waals surface area contributed by atoms with Gasteiger partial charge in [-0.2, -0.15) is 0 Å². The van der Waals surface area contributed by atoms with Gasteiger partial charge in [0.05, 0.1) is 13.2 Å². The first-order valence-electron chi connectivity index (χ1n) is 22.4. The SMILES string of the molecule is CCCCCCCCCCCCCCCCCCN(CCCCCCCCCCCCCCCCCC)CCOCC=Cc1ccccc1. The van der Waals surface area contributed by atoms with Crippen LogP contribution in [0.3, 0.4) is 0 Å². The summed E-state index contributed by atoms with van der Waals surface area (Å²) in [5.74, 6) is 0. The van der Waals surface area contributed by atoms with E-state index in [0.717, 1.165) is 13.2 Å². The minimum Gasteiger partial charge on any atom is -0.376 e. The third-order valence-corrected chi connectivity index (χ3v) is 10.5. The van der Waals surface area contributed by atoms with Crippen LogP contribution < -0.4 is 0 Å². The summed E-state index contributed by atoms with van der Waals surface area (Å²) < 4.78 is 6.02. The molecular formula is C47H87NO. The van der Waals surface area contributed by atoms with Gasteiger partial charge in [-0.05, 0) is 31.5 Å². The van der Waals surface area contributed by atoms with Crippen molar-refractivity contribution in [1.29, 1.82) is 0 Å². The van der Waals surface area contributed by atoms with E-state index in [0.29, 0.717) is 6.61 Å². The van der Waals surface area contributed by atoms with Crippen molar-refractivity contribution >= 4 is 6.08 Å². The molecule has 1 aromatic carbocycles. The number of unbranched alkanes of at least 4 members (excludes halogenated alkanes) is 30. The Balaban J connectivity index is 2.08. The summed E-state index contributed by atoms with van der Waals surface area (Å²) >= 11 is 0. The van der Waals surface area contributed by atoms with Gasteiger partial charge in [0.15, 0.2) is 0 Å². The molecule has 286 valence electrons. The lowest BCUT2D eigenvalue weighted by Crippen LogP contribution is -2.30. The topological polar surface area (TPSA) is 12.5 Å². The summed E-state index contributed by atoms with van der Waals surface area (Å²) in [5, 5.41) is 0. The highest BCUT2D eigenvalue weighted by atomic mass is 16.5. The van der Waals surface area contributed by atoms with Gasteiger partial charge in [-0.1, -0.05) is 249 Å². The van der Waals surface area contributed by atoms with Gasteiger partial charge in [-0.3, -0.25) is 0 Å². The molecule has 49 heavy (non-hydrogen) atoms. The van der Waals surface area contributed by atoms with Crippen LogP contribution >= 0.6 is 0 Å². The third kappa shape index (κ3) is 35.1. The molecule has 0 unspecified atom stereocenters. The van der Waals surface area contributed by atoms with Crippen molar-refractivity contribution in [1.82, 2.24) is 4.90 Å². The molecule has 0 bridgehead atoms. The van der Waals surface area contributed by atoms with E-state index in [1.54, 1.807) is 0 Å². The van der Waals surface area contributed by atoms with Gasteiger partial charge < -0.3 is 9.64 Å². The highest BCUT2D eigenvalue weighted by Gasteiger charge is 2.05. The van der Waals surface area contributed by atoms with Crippen molar-refractivity contribution in [2.24, 2.45) is 0 Å². The zero-order valence-corrected chi connectivity index (χ0v) is 33.6. The standard InChI is InChI=1S/C47H87NO/c1-3-5-7-9-11-13-15-17-19-21-23-25-27-29-31-36-42-48(44-46-49-45-38-41-47-39-34-33-35-40-47)43-37-32-30-28-26-24-22-20-18-16-14-12-10-8-6-4-2/h33-35,38-41H,3-32,36-37,42-46H2,1-2H3. The zero-order valence-electron chi connectivity index (χ0n) is 33.6. The molecule has 0 saturated heterocycles. The van der Waals surface area contributed by atoms with Crippen LogP contribution in [0.1, 0.15) is 225 Å². The van der Waals surface area contributed by atoms with Crippen LogP contribution in [0.15, 0.2) is 36.4 Å². The summed E-state index contributed by atoms with van der Waals surface area (Å²) in [6, 6.07) is 10.6. The fourth-order valence-electron chi connectivity index (χ4n) is 7.20. The van der Waals surface area contributed by atoms with Crippen LogP contribution in [-0.2, 0) is 4.74 Å². The van der Waals surface area contributed by atoms with Crippen LogP contribution in [-0.4, -0.2) is 37.7 Å². The summed E-state index contributed by atoms with van der Waals surface area (Å²) in [4.78, 5) is 2.70. The van der Waals surface area contributed by atoms with E-state index in [9.17, 15) is 0 Å². The van der Waals surface area contributed by atoms with Crippen LogP contribution in [0.5, 0.6) is 0 Å². The first kappa shape index (κ1) is 45.9. The molecule has 0 fully saturated rings. The predicted octanol–water partition coefficient (Wildman–Crippen LogP) is 15.5. The molecule has 0 radical (unpaired) electrons. The smallest absolute Gasteiger partial charge is 0.0651 e. The molecule has 0 spiro atoms. The van der Waals surface area contributed by atoms with E-state index in [1.807, 2.05) is 0 Å². The third-order valence-electron chi connectivity index (χ3n) is 10.5. The lowest BCUT2D eigenvalue weighted by atomic mass is 10.0. The molecule has 1 rings (SSSR count). The second kappa shape index (κ2) is 39.7. The first-order chi connectivity index (χ1) is 24.4. The van der Waals surface area contributed by atoms with E-state index in [4.69, 9.17) is 4.74 Å². The monoisotopic (exact) mass is 682 g/mol. The second-order valence-corrected chi connectivity index (χ2v) is 15.3. The molecule has 0 aromatic heterocycles. The first-order valence-corrected chi connectivity index (χ1v) is 22.4. The van der Waals surface area contributed by atoms with Crippen LogP contribution in [0.2, 0.25) is 0 Å². The number of ether oxygens (including phenoxy) is 1. The molecule has 0 aliphatic heterocycles. The van der Waals surface area contributed by atoms with Crippen molar-refractivity contribution in [3.63, 3.8) is 0 Å². The van der Waals surface area contributed by atoms with Gasteiger partial charge in [-0.15, -0.1) is 0 Å². The maximum atomic E-state index is 6.02. The molecule has 2 nitrogen and oxygen atoms in total. The second-order valence-electron chi connectivity index (χ2n) is 15.3. The Kier molecular flexibility index (Phi) is 37.2. The number of hydrogen-bond donors (Lipinski definition) is 0. The van der Waals surface area contributed by atoms with Crippen molar-refractivity contribution in [2.75, 3.05) is 32.8 Å². The van der Waals surface area contributed by atoms with Gasteiger partial charge in [0, 0.05) is 6.54 Å². The molecule has 0 aliphatic rings. The minimum atomic E-state index is 0.709. The normalized spacial score (nSPS) is 11.8. The van der Waals surface area contributed by atoms with Gasteiger partial charge >= 0.3 is 0 Å². The molecule has 0 N–H and O–H groups in total. The van der Waals surface area contributed by atoms with Crippen molar-refractivity contribution < 1.29 is 4.74 Å². The quantitative estimate of drug-likeness (QED) is 0.0639. The highest BCUT2D eigenvalue weighted by Crippen LogP contribution is 2.16. The largest absolute Gasteiger partial charge is 0.376 e. The Morgan fingerprint density at radius 1 is 0.408 bits per heavy atom. The molecule has 1 aromatic rings. The van der Waals surface area contributed by atoms with Gasteiger partial charge in [0.25, 0.3) is 0 Å². The van der Waals surface area contributed by atoms with E-state index >= 15 is 0 Å². The Bertz CT molecular complexity index is 725. The number of rotatable bonds is 40. The Hall–Kier alpha value is -1.12.